The second kappa shape index (κ2) is 7.35. The van der Waals surface area contributed by atoms with E-state index >= 15 is 0 Å². The molecule has 1 aromatic carbocycles. The van der Waals surface area contributed by atoms with Crippen LogP contribution in [0.4, 0.5) is 11.4 Å². The van der Waals surface area contributed by atoms with Gasteiger partial charge in [0.1, 0.15) is 5.69 Å². The second-order valence-corrected chi connectivity index (χ2v) is 5.54. The summed E-state index contributed by atoms with van der Waals surface area (Å²) >= 11 is 0. The van der Waals surface area contributed by atoms with E-state index < -0.39 is 4.92 Å². The summed E-state index contributed by atoms with van der Waals surface area (Å²) in [5.74, 6) is 5.35. The largest absolute Gasteiger partial charge is 0.318 e. The molecule has 7 nitrogen and oxygen atoms in total. The quantitative estimate of drug-likeness (QED) is 0.449. The van der Waals surface area contributed by atoms with Crippen molar-refractivity contribution in [3.63, 3.8) is 0 Å². The lowest BCUT2D eigenvalue weighted by Crippen LogP contribution is -2.31. The number of anilines is 1. The van der Waals surface area contributed by atoms with Crippen LogP contribution in [-0.4, -0.2) is 47.9 Å². The molecular formula is C14H23N5O2. The molecule has 3 N–H and O–H groups in total. The van der Waals surface area contributed by atoms with Gasteiger partial charge in [-0.15, -0.1) is 0 Å². The van der Waals surface area contributed by atoms with Crippen LogP contribution in [0.15, 0.2) is 18.2 Å². The van der Waals surface area contributed by atoms with Crippen molar-refractivity contribution in [3.05, 3.63) is 33.9 Å². The van der Waals surface area contributed by atoms with Crippen LogP contribution in [0.5, 0.6) is 0 Å². The molecule has 1 saturated heterocycles. The summed E-state index contributed by atoms with van der Waals surface area (Å²) in [4.78, 5) is 15.1. The average molecular weight is 293 g/mol. The van der Waals surface area contributed by atoms with Crippen LogP contribution < -0.4 is 11.3 Å². The fraction of sp³-hybridized carbons (Fsp3) is 0.571. The van der Waals surface area contributed by atoms with Gasteiger partial charge in [0.2, 0.25) is 0 Å². The number of hydrogen-bond acceptors (Lipinski definition) is 6. The van der Waals surface area contributed by atoms with Gasteiger partial charge in [0, 0.05) is 25.7 Å². The smallest absolute Gasteiger partial charge is 0.293 e. The van der Waals surface area contributed by atoms with Gasteiger partial charge in [0.25, 0.3) is 5.69 Å². The Morgan fingerprint density at radius 2 is 2.14 bits per heavy atom. The average Bonchev–Trinajstić information content (AvgIpc) is 2.98. The minimum atomic E-state index is -0.434. The van der Waals surface area contributed by atoms with E-state index in [-0.39, 0.29) is 5.69 Å². The molecule has 0 aromatic heterocycles. The van der Waals surface area contributed by atoms with Crippen molar-refractivity contribution < 1.29 is 4.92 Å². The molecule has 1 aromatic rings. The third-order valence-corrected chi connectivity index (χ3v) is 3.86. The molecule has 0 saturated carbocycles. The number of nitrogen functional groups attached to an aromatic ring is 1. The fourth-order valence-corrected chi connectivity index (χ4v) is 2.67. The molecule has 0 bridgehead atoms. The van der Waals surface area contributed by atoms with Gasteiger partial charge in [-0.2, -0.15) is 0 Å². The summed E-state index contributed by atoms with van der Waals surface area (Å²) in [6, 6.07) is 5.02. The van der Waals surface area contributed by atoms with Crippen molar-refractivity contribution >= 4 is 11.4 Å². The topological polar surface area (TPSA) is 87.7 Å². The second-order valence-electron chi connectivity index (χ2n) is 5.54. The Morgan fingerprint density at radius 1 is 1.43 bits per heavy atom. The monoisotopic (exact) mass is 293 g/mol. The third-order valence-electron chi connectivity index (χ3n) is 3.86. The van der Waals surface area contributed by atoms with Crippen molar-refractivity contribution in [1.29, 1.82) is 0 Å². The van der Waals surface area contributed by atoms with Gasteiger partial charge in [0.05, 0.1) is 4.92 Å². The van der Waals surface area contributed by atoms with E-state index in [2.05, 4.69) is 22.3 Å². The van der Waals surface area contributed by atoms with E-state index in [1.54, 1.807) is 12.1 Å². The van der Waals surface area contributed by atoms with E-state index in [0.29, 0.717) is 5.69 Å². The minimum Gasteiger partial charge on any atom is -0.318 e. The highest BCUT2D eigenvalue weighted by Crippen LogP contribution is 2.24. The molecule has 1 heterocycles. The lowest BCUT2D eigenvalue weighted by atomic mass is 10.1. The zero-order valence-electron chi connectivity index (χ0n) is 12.4. The van der Waals surface area contributed by atoms with Crippen molar-refractivity contribution in [2.24, 2.45) is 5.84 Å². The number of likely N-dealkylation sites (tertiary alicyclic amines) is 1. The highest BCUT2D eigenvalue weighted by Gasteiger charge is 2.15. The molecule has 0 radical (unpaired) electrons. The predicted octanol–water partition coefficient (Wildman–Crippen LogP) is 1.41. The summed E-state index contributed by atoms with van der Waals surface area (Å²) in [5.41, 5.74) is 3.76. The Morgan fingerprint density at radius 3 is 2.76 bits per heavy atom. The maximum Gasteiger partial charge on any atom is 0.293 e. The standard InChI is InChI=1S/C14H23N5O2/c1-17(8-9-18-6-2-3-7-18)11-12-4-5-14(19(20)21)13(10-12)16-15/h4-5,10,16H,2-3,6-9,11,15H2,1H3. The van der Waals surface area contributed by atoms with Gasteiger partial charge in [-0.3, -0.25) is 16.0 Å². The Kier molecular flexibility index (Phi) is 5.49. The zero-order chi connectivity index (χ0) is 15.2. The maximum atomic E-state index is 10.9. The van der Waals surface area contributed by atoms with Crippen LogP contribution in [-0.2, 0) is 6.54 Å². The number of nitro benzene ring substituents is 1. The predicted molar refractivity (Wildman–Crippen MR) is 82.9 cm³/mol. The first kappa shape index (κ1) is 15.7. The molecule has 1 aliphatic rings. The number of nitrogens with two attached hydrogens (primary N) is 1. The highest BCUT2D eigenvalue weighted by atomic mass is 16.6. The normalized spacial score (nSPS) is 15.6. The Balaban J connectivity index is 1.90. The number of likely N-dealkylation sites (N-methyl/N-ethyl adjacent to an activating group) is 1. The molecule has 0 atom stereocenters. The number of benzene rings is 1. The SMILES string of the molecule is CN(CCN1CCCC1)Cc1ccc([N+](=O)[O-])c(NN)c1. The summed E-state index contributed by atoms with van der Waals surface area (Å²) in [6.07, 6.45) is 2.61. The maximum absolute atomic E-state index is 10.9. The summed E-state index contributed by atoms with van der Waals surface area (Å²) in [6.45, 7) is 5.22. The van der Waals surface area contributed by atoms with E-state index in [9.17, 15) is 10.1 Å². The van der Waals surface area contributed by atoms with Crippen LogP contribution >= 0.6 is 0 Å². The zero-order valence-corrected chi connectivity index (χ0v) is 12.4. The van der Waals surface area contributed by atoms with Crippen molar-refractivity contribution in [3.8, 4) is 0 Å². The number of nitrogens with zero attached hydrogens (tertiary/aromatic N) is 3. The van der Waals surface area contributed by atoms with Gasteiger partial charge in [-0.1, -0.05) is 6.07 Å². The lowest BCUT2D eigenvalue weighted by Gasteiger charge is -2.21. The van der Waals surface area contributed by atoms with Crippen LogP contribution in [0, 0.1) is 10.1 Å². The molecule has 7 heteroatoms. The van der Waals surface area contributed by atoms with Crippen molar-refractivity contribution in [1.82, 2.24) is 9.80 Å². The summed E-state index contributed by atoms with van der Waals surface area (Å²) in [5, 5.41) is 10.9. The first-order valence-corrected chi connectivity index (χ1v) is 7.25. The van der Waals surface area contributed by atoms with Crippen molar-refractivity contribution in [2.75, 3.05) is 38.7 Å². The Bertz CT molecular complexity index is 488. The number of nitro groups is 1. The molecule has 1 fully saturated rings. The molecular weight excluding hydrogens is 270 g/mol. The van der Waals surface area contributed by atoms with E-state index in [1.807, 2.05) is 0 Å². The summed E-state index contributed by atoms with van der Waals surface area (Å²) in [7, 11) is 2.06. The number of hydrogen-bond donors (Lipinski definition) is 2. The van der Waals surface area contributed by atoms with Crippen LogP contribution in [0.25, 0.3) is 0 Å². The Labute approximate surface area is 124 Å². The van der Waals surface area contributed by atoms with Crippen LogP contribution in [0.1, 0.15) is 18.4 Å². The van der Waals surface area contributed by atoms with Crippen LogP contribution in [0.3, 0.4) is 0 Å². The third kappa shape index (κ3) is 4.38. The molecule has 0 amide bonds. The van der Waals surface area contributed by atoms with Crippen LogP contribution in [0.2, 0.25) is 0 Å². The molecule has 1 aliphatic heterocycles. The molecule has 0 aliphatic carbocycles. The van der Waals surface area contributed by atoms with Gasteiger partial charge < -0.3 is 15.2 Å². The number of nitrogens with one attached hydrogen (secondary N) is 1. The fourth-order valence-electron chi connectivity index (χ4n) is 2.67. The van der Waals surface area contributed by atoms with E-state index in [1.165, 1.54) is 32.0 Å². The highest BCUT2D eigenvalue weighted by molar-refractivity contribution is 5.62. The van der Waals surface area contributed by atoms with E-state index in [4.69, 9.17) is 5.84 Å². The Hall–Kier alpha value is -1.70. The van der Waals surface area contributed by atoms with Gasteiger partial charge in [-0.05, 0) is 44.6 Å². The van der Waals surface area contributed by atoms with E-state index in [0.717, 1.165) is 25.2 Å². The summed E-state index contributed by atoms with van der Waals surface area (Å²) < 4.78 is 0. The lowest BCUT2D eigenvalue weighted by molar-refractivity contribution is -0.384. The van der Waals surface area contributed by atoms with Gasteiger partial charge >= 0.3 is 0 Å². The molecule has 0 spiro atoms. The van der Waals surface area contributed by atoms with Gasteiger partial charge in [-0.25, -0.2) is 0 Å². The minimum absolute atomic E-state index is 0.000898. The molecule has 2 rings (SSSR count). The number of rotatable bonds is 7. The first-order chi connectivity index (χ1) is 10.1. The molecule has 116 valence electrons. The number of hydrazine groups is 1. The van der Waals surface area contributed by atoms with Crippen molar-refractivity contribution in [2.45, 2.75) is 19.4 Å². The molecule has 21 heavy (non-hydrogen) atoms. The first-order valence-electron chi connectivity index (χ1n) is 7.25. The van der Waals surface area contributed by atoms with Gasteiger partial charge in [0.15, 0.2) is 0 Å². The molecule has 0 unspecified atom stereocenters.